The molecule has 0 aromatic heterocycles. The number of rotatable bonds is 0. The van der Waals surface area contributed by atoms with Crippen molar-refractivity contribution in [3.8, 4) is 11.5 Å². The first-order valence-corrected chi connectivity index (χ1v) is 4.36. The van der Waals surface area contributed by atoms with E-state index >= 15 is 0 Å². The zero-order valence-corrected chi connectivity index (χ0v) is 8.55. The van der Waals surface area contributed by atoms with Crippen LogP contribution in [0.5, 0.6) is 11.5 Å². The maximum absolute atomic E-state index is 9.66. The molecule has 0 amide bonds. The van der Waals surface area contributed by atoms with Gasteiger partial charge in [-0.05, 0) is 17.9 Å². The summed E-state index contributed by atoms with van der Waals surface area (Å²) < 4.78 is 0. The molecule has 0 heterocycles. The summed E-state index contributed by atoms with van der Waals surface area (Å²) in [7, 11) is 0. The predicted octanol–water partition coefficient (Wildman–Crippen LogP) is 2.70. The second-order valence-electron chi connectivity index (χ2n) is 4.38. The van der Waals surface area contributed by atoms with Crippen molar-refractivity contribution >= 4 is 0 Å². The van der Waals surface area contributed by atoms with Gasteiger partial charge in [-0.1, -0.05) is 32.9 Å². The summed E-state index contributed by atoms with van der Waals surface area (Å²) in [5, 5.41) is 19.2. The molecule has 0 atom stereocenters. The lowest BCUT2D eigenvalue weighted by atomic mass is 9.85. The van der Waals surface area contributed by atoms with Crippen LogP contribution < -0.4 is 0 Å². The molecule has 1 aromatic carbocycles. The van der Waals surface area contributed by atoms with Gasteiger partial charge in [0.05, 0.1) is 0 Å². The van der Waals surface area contributed by atoms with Gasteiger partial charge in [-0.15, -0.1) is 0 Å². The maximum atomic E-state index is 9.66. The van der Waals surface area contributed by atoms with Gasteiger partial charge in [-0.3, -0.25) is 0 Å². The van der Waals surface area contributed by atoms with Crippen LogP contribution in [0.25, 0.3) is 0 Å². The van der Waals surface area contributed by atoms with Crippen molar-refractivity contribution in [2.24, 2.45) is 0 Å². The van der Waals surface area contributed by atoms with Gasteiger partial charge in [0, 0.05) is 5.56 Å². The van der Waals surface area contributed by atoms with E-state index in [0.717, 1.165) is 5.56 Å². The van der Waals surface area contributed by atoms with Crippen LogP contribution in [0.15, 0.2) is 12.1 Å². The van der Waals surface area contributed by atoms with E-state index in [1.807, 2.05) is 32.9 Å². The van der Waals surface area contributed by atoms with Crippen LogP contribution in [-0.2, 0) is 5.41 Å². The van der Waals surface area contributed by atoms with Crippen molar-refractivity contribution in [2.75, 3.05) is 0 Å². The Kier molecular flexibility index (Phi) is 2.24. The van der Waals surface area contributed by atoms with E-state index in [4.69, 9.17) is 0 Å². The van der Waals surface area contributed by atoms with E-state index in [-0.39, 0.29) is 16.9 Å². The Hall–Kier alpha value is -1.18. The van der Waals surface area contributed by atoms with Crippen LogP contribution in [0.1, 0.15) is 31.9 Å². The average molecular weight is 180 g/mol. The fraction of sp³-hybridized carbons (Fsp3) is 0.455. The lowest BCUT2D eigenvalue weighted by Gasteiger charge is -2.21. The molecule has 72 valence electrons. The van der Waals surface area contributed by atoms with E-state index in [2.05, 4.69) is 0 Å². The fourth-order valence-electron chi connectivity index (χ4n) is 1.29. The molecule has 2 nitrogen and oxygen atoms in total. The molecule has 0 aliphatic carbocycles. The normalized spacial score (nSPS) is 11.7. The number of phenolic OH excluding ortho intramolecular Hbond substituents is 2. The smallest absolute Gasteiger partial charge is 0.161 e. The Morgan fingerprint density at radius 1 is 1.00 bits per heavy atom. The summed E-state index contributed by atoms with van der Waals surface area (Å²) in [6, 6.07) is 3.67. The van der Waals surface area contributed by atoms with E-state index in [0.29, 0.717) is 5.56 Å². The molecule has 0 saturated carbocycles. The van der Waals surface area contributed by atoms with E-state index < -0.39 is 0 Å². The van der Waals surface area contributed by atoms with Gasteiger partial charge in [-0.2, -0.15) is 0 Å². The first-order valence-electron chi connectivity index (χ1n) is 4.36. The molecule has 1 aromatic rings. The third-order valence-corrected chi connectivity index (χ3v) is 2.16. The quantitative estimate of drug-likeness (QED) is 0.603. The largest absolute Gasteiger partial charge is 0.504 e. The summed E-state index contributed by atoms with van der Waals surface area (Å²) in [5.41, 5.74) is 1.33. The highest BCUT2D eigenvalue weighted by Gasteiger charge is 2.20. The standard InChI is InChI=1S/C11H16O2/c1-7-5-6-8(11(2,3)4)10(13)9(7)12/h5-6,12-13H,1-4H3. The SMILES string of the molecule is Cc1ccc(C(C)(C)C)c(O)c1O. The Labute approximate surface area is 78.8 Å². The monoisotopic (exact) mass is 180 g/mol. The Morgan fingerprint density at radius 3 is 2.00 bits per heavy atom. The Morgan fingerprint density at radius 2 is 1.54 bits per heavy atom. The van der Waals surface area contributed by atoms with E-state index in [1.165, 1.54) is 0 Å². The third-order valence-electron chi connectivity index (χ3n) is 2.16. The van der Waals surface area contributed by atoms with Gasteiger partial charge in [0.15, 0.2) is 11.5 Å². The molecule has 1 rings (SSSR count). The topological polar surface area (TPSA) is 40.5 Å². The highest BCUT2D eigenvalue weighted by atomic mass is 16.3. The van der Waals surface area contributed by atoms with Crippen LogP contribution in [0.3, 0.4) is 0 Å². The number of hydrogen-bond acceptors (Lipinski definition) is 2. The van der Waals surface area contributed by atoms with Crippen LogP contribution >= 0.6 is 0 Å². The molecule has 0 bridgehead atoms. The molecule has 2 heteroatoms. The Balaban J connectivity index is 3.35. The lowest BCUT2D eigenvalue weighted by Crippen LogP contribution is -2.11. The summed E-state index contributed by atoms with van der Waals surface area (Å²) in [5.74, 6) is -0.0000694. The molecule has 13 heavy (non-hydrogen) atoms. The lowest BCUT2D eigenvalue weighted by molar-refractivity contribution is 0.386. The molecule has 0 unspecified atom stereocenters. The summed E-state index contributed by atoms with van der Waals surface area (Å²) in [6.07, 6.45) is 0. The molecule has 0 radical (unpaired) electrons. The van der Waals surface area contributed by atoms with Crippen molar-refractivity contribution in [3.63, 3.8) is 0 Å². The van der Waals surface area contributed by atoms with E-state index in [1.54, 1.807) is 6.92 Å². The fourth-order valence-corrected chi connectivity index (χ4v) is 1.29. The van der Waals surface area contributed by atoms with Crippen molar-refractivity contribution in [1.82, 2.24) is 0 Å². The van der Waals surface area contributed by atoms with Crippen LogP contribution in [0.4, 0.5) is 0 Å². The third kappa shape index (κ3) is 1.77. The second kappa shape index (κ2) is 2.95. The molecule has 0 fully saturated rings. The van der Waals surface area contributed by atoms with Crippen molar-refractivity contribution in [1.29, 1.82) is 0 Å². The second-order valence-corrected chi connectivity index (χ2v) is 4.38. The van der Waals surface area contributed by atoms with Gasteiger partial charge in [0.2, 0.25) is 0 Å². The summed E-state index contributed by atoms with van der Waals surface area (Å²) in [6.45, 7) is 7.76. The molecule has 0 spiro atoms. The van der Waals surface area contributed by atoms with Crippen molar-refractivity contribution in [2.45, 2.75) is 33.1 Å². The summed E-state index contributed by atoms with van der Waals surface area (Å²) in [4.78, 5) is 0. The molecular formula is C11H16O2. The summed E-state index contributed by atoms with van der Waals surface area (Å²) >= 11 is 0. The number of hydrogen-bond donors (Lipinski definition) is 2. The molecule has 0 saturated heterocycles. The molecule has 0 aliphatic rings. The highest BCUT2D eigenvalue weighted by molar-refractivity contribution is 5.51. The minimum Gasteiger partial charge on any atom is -0.504 e. The minimum absolute atomic E-state index is 0.00694. The molecule has 2 N–H and O–H groups in total. The zero-order chi connectivity index (χ0) is 10.2. The van der Waals surface area contributed by atoms with Gasteiger partial charge >= 0.3 is 0 Å². The maximum Gasteiger partial charge on any atom is 0.161 e. The number of benzene rings is 1. The number of aryl methyl sites for hydroxylation is 1. The zero-order valence-electron chi connectivity index (χ0n) is 8.55. The van der Waals surface area contributed by atoms with Crippen molar-refractivity contribution < 1.29 is 10.2 Å². The minimum atomic E-state index is -0.144. The van der Waals surface area contributed by atoms with Gasteiger partial charge in [0.1, 0.15) is 0 Å². The van der Waals surface area contributed by atoms with Crippen LogP contribution in [0.2, 0.25) is 0 Å². The highest BCUT2D eigenvalue weighted by Crippen LogP contribution is 2.38. The first kappa shape index (κ1) is 9.90. The average Bonchev–Trinajstić information content (AvgIpc) is 1.98. The van der Waals surface area contributed by atoms with Gasteiger partial charge < -0.3 is 10.2 Å². The van der Waals surface area contributed by atoms with Crippen molar-refractivity contribution in [3.05, 3.63) is 23.3 Å². The van der Waals surface area contributed by atoms with Gasteiger partial charge in [0.25, 0.3) is 0 Å². The predicted molar refractivity (Wildman–Crippen MR) is 53.2 cm³/mol. The first-order chi connectivity index (χ1) is 5.84. The molecule has 0 aliphatic heterocycles. The Bertz CT molecular complexity index is 322. The van der Waals surface area contributed by atoms with Crippen LogP contribution in [-0.4, -0.2) is 10.2 Å². The van der Waals surface area contributed by atoms with Crippen LogP contribution in [0, 0.1) is 6.92 Å². The molecular weight excluding hydrogens is 164 g/mol. The van der Waals surface area contributed by atoms with E-state index in [9.17, 15) is 10.2 Å². The number of aromatic hydroxyl groups is 2. The number of phenols is 2. The van der Waals surface area contributed by atoms with Gasteiger partial charge in [-0.25, -0.2) is 0 Å².